The Morgan fingerprint density at radius 3 is 2.42 bits per heavy atom. The molecular weight excluding hydrogens is 300 g/mol. The maximum atomic E-state index is 12.2. The molecule has 0 atom stereocenters. The van der Waals surface area contributed by atoms with Gasteiger partial charge >= 0.3 is 6.03 Å². The Balaban J connectivity index is 2.04. The lowest BCUT2D eigenvalue weighted by Crippen LogP contribution is -2.44. The molecule has 0 heterocycles. The Labute approximate surface area is 142 Å². The minimum atomic E-state index is -0.695. The van der Waals surface area contributed by atoms with Gasteiger partial charge in [-0.25, -0.2) is 4.79 Å². The first-order valence-electron chi connectivity index (χ1n) is 7.74. The van der Waals surface area contributed by atoms with Gasteiger partial charge in [-0.2, -0.15) is 0 Å². The highest BCUT2D eigenvalue weighted by molar-refractivity contribution is 5.91. The fourth-order valence-electron chi connectivity index (χ4n) is 2.11. The van der Waals surface area contributed by atoms with Crippen LogP contribution in [0.4, 0.5) is 10.5 Å². The van der Waals surface area contributed by atoms with E-state index in [0.29, 0.717) is 0 Å². The number of benzene rings is 2. The molecule has 2 amide bonds. The quantitative estimate of drug-likeness (QED) is 0.733. The van der Waals surface area contributed by atoms with Crippen molar-refractivity contribution in [2.24, 2.45) is 0 Å². The maximum absolute atomic E-state index is 12.2. The summed E-state index contributed by atoms with van der Waals surface area (Å²) in [4.78, 5) is 12.2. The van der Waals surface area contributed by atoms with E-state index in [1.54, 1.807) is 24.3 Å². The zero-order chi connectivity index (χ0) is 17.7. The van der Waals surface area contributed by atoms with Gasteiger partial charge in [-0.1, -0.05) is 24.0 Å². The van der Waals surface area contributed by atoms with E-state index in [9.17, 15) is 9.90 Å². The Hall–Kier alpha value is -2.93. The first-order valence-corrected chi connectivity index (χ1v) is 7.74. The third-order valence-electron chi connectivity index (χ3n) is 3.45. The van der Waals surface area contributed by atoms with E-state index in [1.165, 1.54) is 0 Å². The average molecular weight is 322 g/mol. The molecule has 0 aromatic heterocycles. The van der Waals surface area contributed by atoms with Gasteiger partial charge in [0, 0.05) is 11.3 Å². The Kier molecular flexibility index (Phi) is 5.15. The van der Waals surface area contributed by atoms with Crippen LogP contribution in [0.25, 0.3) is 0 Å². The van der Waals surface area contributed by atoms with Crippen molar-refractivity contribution >= 4 is 11.7 Å². The molecule has 124 valence electrons. The SMILES string of the molecule is Cc1ccc(C)c(NC(=O)NC(C)(C)C#Cc2ccc(O)cc2)c1. The largest absolute Gasteiger partial charge is 0.508 e. The van der Waals surface area contributed by atoms with E-state index in [4.69, 9.17) is 0 Å². The summed E-state index contributed by atoms with van der Waals surface area (Å²) < 4.78 is 0. The van der Waals surface area contributed by atoms with Crippen molar-refractivity contribution in [2.75, 3.05) is 5.32 Å². The number of rotatable bonds is 2. The Morgan fingerprint density at radius 2 is 1.75 bits per heavy atom. The van der Waals surface area contributed by atoms with Crippen LogP contribution in [0.2, 0.25) is 0 Å². The predicted molar refractivity (Wildman–Crippen MR) is 97.1 cm³/mol. The number of aromatic hydroxyl groups is 1. The van der Waals surface area contributed by atoms with Crippen molar-refractivity contribution in [3.05, 3.63) is 59.2 Å². The van der Waals surface area contributed by atoms with E-state index in [-0.39, 0.29) is 11.8 Å². The van der Waals surface area contributed by atoms with Crippen molar-refractivity contribution in [2.45, 2.75) is 33.2 Å². The van der Waals surface area contributed by atoms with Crippen LogP contribution in [-0.4, -0.2) is 16.7 Å². The molecule has 24 heavy (non-hydrogen) atoms. The van der Waals surface area contributed by atoms with Crippen LogP contribution in [0.5, 0.6) is 5.75 Å². The summed E-state index contributed by atoms with van der Waals surface area (Å²) in [5.74, 6) is 6.23. The lowest BCUT2D eigenvalue weighted by atomic mass is 10.1. The zero-order valence-electron chi connectivity index (χ0n) is 14.4. The van der Waals surface area contributed by atoms with Crippen LogP contribution in [0.15, 0.2) is 42.5 Å². The van der Waals surface area contributed by atoms with Crippen LogP contribution in [-0.2, 0) is 0 Å². The number of anilines is 1. The molecular formula is C20H22N2O2. The number of carbonyl (C=O) groups excluding carboxylic acids is 1. The number of aryl methyl sites for hydroxylation is 2. The minimum Gasteiger partial charge on any atom is -0.508 e. The fraction of sp³-hybridized carbons (Fsp3) is 0.250. The van der Waals surface area contributed by atoms with Gasteiger partial charge in [-0.05, 0) is 69.2 Å². The van der Waals surface area contributed by atoms with Gasteiger partial charge < -0.3 is 15.7 Å². The molecule has 0 bridgehead atoms. The summed E-state index contributed by atoms with van der Waals surface area (Å²) in [7, 11) is 0. The van der Waals surface area contributed by atoms with Crippen molar-refractivity contribution in [3.8, 4) is 17.6 Å². The molecule has 3 N–H and O–H groups in total. The normalized spacial score (nSPS) is 10.5. The van der Waals surface area contributed by atoms with Crippen LogP contribution in [0.3, 0.4) is 0 Å². The van der Waals surface area contributed by atoms with Gasteiger partial charge in [0.2, 0.25) is 0 Å². The van der Waals surface area contributed by atoms with Gasteiger partial charge in [0.25, 0.3) is 0 Å². The van der Waals surface area contributed by atoms with Crippen LogP contribution < -0.4 is 10.6 Å². The molecule has 0 aliphatic rings. The fourth-order valence-corrected chi connectivity index (χ4v) is 2.11. The smallest absolute Gasteiger partial charge is 0.320 e. The third-order valence-corrected chi connectivity index (χ3v) is 3.45. The molecule has 0 spiro atoms. The van der Waals surface area contributed by atoms with Gasteiger partial charge in [-0.15, -0.1) is 0 Å². The summed E-state index contributed by atoms with van der Waals surface area (Å²) in [6.07, 6.45) is 0. The number of carbonyl (C=O) groups is 1. The van der Waals surface area contributed by atoms with E-state index in [0.717, 1.165) is 22.4 Å². The Bertz CT molecular complexity index is 797. The average Bonchev–Trinajstić information content (AvgIpc) is 2.50. The summed E-state index contributed by atoms with van der Waals surface area (Å²) in [6.45, 7) is 7.60. The van der Waals surface area contributed by atoms with Crippen molar-refractivity contribution in [3.63, 3.8) is 0 Å². The van der Waals surface area contributed by atoms with Crippen molar-refractivity contribution < 1.29 is 9.90 Å². The number of hydrogen-bond acceptors (Lipinski definition) is 2. The highest BCUT2D eigenvalue weighted by Crippen LogP contribution is 2.16. The van der Waals surface area contributed by atoms with Crippen molar-refractivity contribution in [1.82, 2.24) is 5.32 Å². The lowest BCUT2D eigenvalue weighted by molar-refractivity contribution is 0.247. The number of hydrogen-bond donors (Lipinski definition) is 3. The number of urea groups is 1. The van der Waals surface area contributed by atoms with E-state index in [1.807, 2.05) is 45.9 Å². The van der Waals surface area contributed by atoms with E-state index < -0.39 is 5.54 Å². The second kappa shape index (κ2) is 7.10. The molecule has 0 saturated carbocycles. The molecule has 0 unspecified atom stereocenters. The topological polar surface area (TPSA) is 61.4 Å². The molecule has 4 nitrogen and oxygen atoms in total. The summed E-state index contributed by atoms with van der Waals surface area (Å²) in [5.41, 5.74) is 2.96. The van der Waals surface area contributed by atoms with Crippen LogP contribution in [0, 0.1) is 25.7 Å². The summed E-state index contributed by atoms with van der Waals surface area (Å²) in [6, 6.07) is 12.2. The number of nitrogens with one attached hydrogen (secondary N) is 2. The van der Waals surface area contributed by atoms with E-state index in [2.05, 4.69) is 22.5 Å². The lowest BCUT2D eigenvalue weighted by Gasteiger charge is -2.20. The molecule has 2 aromatic rings. The second-order valence-electron chi connectivity index (χ2n) is 6.32. The van der Waals surface area contributed by atoms with Gasteiger partial charge in [0.1, 0.15) is 5.75 Å². The molecule has 4 heteroatoms. The summed E-state index contributed by atoms with van der Waals surface area (Å²) in [5, 5.41) is 15.0. The molecule has 0 aliphatic heterocycles. The predicted octanol–water partition coefficient (Wildman–Crippen LogP) is 3.96. The maximum Gasteiger partial charge on any atom is 0.320 e. The Morgan fingerprint density at radius 1 is 1.08 bits per heavy atom. The zero-order valence-corrected chi connectivity index (χ0v) is 14.4. The molecule has 2 aromatic carbocycles. The third kappa shape index (κ3) is 5.06. The minimum absolute atomic E-state index is 0.200. The standard InChI is InChI=1S/C20H22N2O2/c1-14-5-6-15(2)18(13-14)21-19(24)22-20(3,4)12-11-16-7-9-17(23)10-8-16/h5-10,13,23H,1-4H3,(H2,21,22,24). The first-order chi connectivity index (χ1) is 11.2. The van der Waals surface area contributed by atoms with Crippen molar-refractivity contribution in [1.29, 1.82) is 0 Å². The number of phenols is 1. The number of amides is 2. The highest BCUT2D eigenvalue weighted by Gasteiger charge is 2.17. The molecule has 0 saturated heterocycles. The van der Waals surface area contributed by atoms with Crippen LogP contribution in [0.1, 0.15) is 30.5 Å². The summed E-state index contributed by atoms with van der Waals surface area (Å²) >= 11 is 0. The van der Waals surface area contributed by atoms with Crippen LogP contribution >= 0.6 is 0 Å². The first kappa shape index (κ1) is 17.4. The van der Waals surface area contributed by atoms with Gasteiger partial charge in [0.05, 0.1) is 5.54 Å². The monoisotopic (exact) mass is 322 g/mol. The van der Waals surface area contributed by atoms with Gasteiger partial charge in [-0.3, -0.25) is 0 Å². The second-order valence-corrected chi connectivity index (χ2v) is 6.32. The van der Waals surface area contributed by atoms with Gasteiger partial charge in [0.15, 0.2) is 0 Å². The molecule has 0 fully saturated rings. The highest BCUT2D eigenvalue weighted by atomic mass is 16.3. The number of phenolic OH excluding ortho intramolecular Hbond substituents is 1. The van der Waals surface area contributed by atoms with E-state index >= 15 is 0 Å². The molecule has 0 radical (unpaired) electrons. The molecule has 0 aliphatic carbocycles. The molecule has 2 rings (SSSR count).